The molecule has 0 aliphatic heterocycles. The van der Waals surface area contributed by atoms with Gasteiger partial charge in [-0.1, -0.05) is 45.7 Å². The van der Waals surface area contributed by atoms with Gasteiger partial charge in [0.25, 0.3) is 0 Å². The topological polar surface area (TPSA) is 50.4 Å². The molecular weight excluding hydrogens is 300 g/mol. The van der Waals surface area contributed by atoms with Crippen LogP contribution in [0, 0.1) is 11.3 Å². The van der Waals surface area contributed by atoms with Crippen LogP contribution in [-0.2, 0) is 4.79 Å². The summed E-state index contributed by atoms with van der Waals surface area (Å²) in [6.07, 6.45) is 4.95. The van der Waals surface area contributed by atoms with Crippen LogP contribution >= 0.6 is 0 Å². The second-order valence-corrected chi connectivity index (χ2v) is 7.72. The number of amides is 1. The number of carbonyl (C=O) groups excluding carboxylic acids is 1. The Morgan fingerprint density at radius 3 is 2.62 bits per heavy atom. The average Bonchev–Trinajstić information content (AvgIpc) is 2.54. The Morgan fingerprint density at radius 1 is 1.21 bits per heavy atom. The molecule has 1 aliphatic rings. The van der Waals surface area contributed by atoms with Crippen LogP contribution in [0.15, 0.2) is 24.3 Å². The molecule has 1 aromatic carbocycles. The van der Waals surface area contributed by atoms with Gasteiger partial charge in [-0.2, -0.15) is 0 Å². The first-order chi connectivity index (χ1) is 11.4. The highest BCUT2D eigenvalue weighted by molar-refractivity contribution is 5.93. The number of rotatable bonds is 6. The van der Waals surface area contributed by atoms with Crippen molar-refractivity contribution in [3.63, 3.8) is 0 Å². The summed E-state index contributed by atoms with van der Waals surface area (Å²) < 4.78 is 5.56. The minimum Gasteiger partial charge on any atom is -0.492 e. The number of para-hydroxylation sites is 2. The molecule has 0 bridgehead atoms. The fourth-order valence-electron chi connectivity index (χ4n) is 3.68. The smallest absolute Gasteiger partial charge is 0.238 e. The molecule has 1 aliphatic carbocycles. The lowest BCUT2D eigenvalue weighted by atomic mass is 9.69. The predicted molar refractivity (Wildman–Crippen MR) is 99.4 cm³/mol. The second kappa shape index (κ2) is 8.52. The molecule has 0 radical (unpaired) electrons. The van der Waals surface area contributed by atoms with Crippen molar-refractivity contribution in [1.29, 1.82) is 0 Å². The van der Waals surface area contributed by atoms with Crippen LogP contribution in [0.25, 0.3) is 0 Å². The summed E-state index contributed by atoms with van der Waals surface area (Å²) in [4.78, 5) is 12.3. The molecule has 1 fully saturated rings. The van der Waals surface area contributed by atoms with Crippen molar-refractivity contribution in [3.8, 4) is 5.75 Å². The Morgan fingerprint density at radius 2 is 1.92 bits per heavy atom. The van der Waals surface area contributed by atoms with Gasteiger partial charge in [0.15, 0.2) is 0 Å². The molecule has 0 saturated heterocycles. The monoisotopic (exact) mass is 332 g/mol. The minimum absolute atomic E-state index is 0.0135. The first-order valence-corrected chi connectivity index (χ1v) is 9.17. The van der Waals surface area contributed by atoms with Crippen LogP contribution in [0.1, 0.15) is 53.4 Å². The van der Waals surface area contributed by atoms with Gasteiger partial charge in [-0.15, -0.1) is 0 Å². The Labute approximate surface area is 146 Å². The van der Waals surface area contributed by atoms with Crippen molar-refractivity contribution in [2.45, 2.75) is 59.4 Å². The highest BCUT2D eigenvalue weighted by Gasteiger charge is 2.33. The van der Waals surface area contributed by atoms with Gasteiger partial charge >= 0.3 is 0 Å². The molecule has 134 valence electrons. The number of ether oxygens (including phenoxy) is 1. The van der Waals surface area contributed by atoms with E-state index in [1.54, 1.807) is 0 Å². The van der Waals surface area contributed by atoms with Crippen LogP contribution in [0.5, 0.6) is 5.75 Å². The third-order valence-electron chi connectivity index (χ3n) is 4.86. The molecule has 4 nitrogen and oxygen atoms in total. The molecule has 1 amide bonds. The first-order valence-electron chi connectivity index (χ1n) is 9.17. The van der Waals surface area contributed by atoms with Gasteiger partial charge in [-0.3, -0.25) is 4.79 Å². The molecule has 2 atom stereocenters. The fourth-order valence-corrected chi connectivity index (χ4v) is 3.68. The van der Waals surface area contributed by atoms with E-state index in [9.17, 15) is 4.79 Å². The molecule has 0 heterocycles. The quantitative estimate of drug-likeness (QED) is 0.820. The lowest BCUT2D eigenvalue weighted by Gasteiger charge is -2.40. The van der Waals surface area contributed by atoms with E-state index in [1.807, 2.05) is 31.2 Å². The standard InChI is InChI=1S/C20H32N2O2/c1-5-24-18-13-9-8-12-17(18)22-19(23)14-21-16-11-7-6-10-15(16)20(2,3)4/h8-9,12-13,15-16,21H,5-7,10-11,14H2,1-4H3,(H,22,23). The van der Waals surface area contributed by atoms with Crippen molar-refractivity contribution in [2.75, 3.05) is 18.5 Å². The number of hydrogen-bond acceptors (Lipinski definition) is 3. The summed E-state index contributed by atoms with van der Waals surface area (Å²) in [5.74, 6) is 1.33. The molecule has 0 spiro atoms. The van der Waals surface area contributed by atoms with Crippen LogP contribution in [-0.4, -0.2) is 25.1 Å². The Kier molecular flexibility index (Phi) is 6.67. The molecule has 2 unspecified atom stereocenters. The van der Waals surface area contributed by atoms with E-state index in [0.29, 0.717) is 25.1 Å². The van der Waals surface area contributed by atoms with Gasteiger partial charge in [0.05, 0.1) is 18.8 Å². The molecular formula is C20H32N2O2. The number of carbonyl (C=O) groups is 1. The van der Waals surface area contributed by atoms with E-state index in [0.717, 1.165) is 17.9 Å². The van der Waals surface area contributed by atoms with Gasteiger partial charge in [0.2, 0.25) is 5.91 Å². The number of nitrogens with one attached hydrogen (secondary N) is 2. The lowest BCUT2D eigenvalue weighted by Crippen LogP contribution is -2.46. The Balaban J connectivity index is 1.91. The number of benzene rings is 1. The zero-order valence-corrected chi connectivity index (χ0v) is 15.5. The average molecular weight is 332 g/mol. The summed E-state index contributed by atoms with van der Waals surface area (Å²) in [6, 6.07) is 7.99. The van der Waals surface area contributed by atoms with Crippen LogP contribution in [0.3, 0.4) is 0 Å². The maximum atomic E-state index is 12.3. The summed E-state index contributed by atoms with van der Waals surface area (Å²) >= 11 is 0. The highest BCUT2D eigenvalue weighted by Crippen LogP contribution is 2.37. The predicted octanol–water partition coefficient (Wildman–Crippen LogP) is 4.22. The van der Waals surface area contributed by atoms with Crippen molar-refractivity contribution < 1.29 is 9.53 Å². The van der Waals surface area contributed by atoms with Crippen LogP contribution in [0.4, 0.5) is 5.69 Å². The summed E-state index contributed by atoms with van der Waals surface area (Å²) in [6.45, 7) is 9.77. The molecule has 1 saturated carbocycles. The molecule has 0 aromatic heterocycles. The SMILES string of the molecule is CCOc1ccccc1NC(=O)CNC1CCCCC1C(C)(C)C. The Hall–Kier alpha value is -1.55. The van der Waals surface area contributed by atoms with Gasteiger partial charge in [0.1, 0.15) is 5.75 Å². The maximum absolute atomic E-state index is 12.3. The zero-order valence-electron chi connectivity index (χ0n) is 15.5. The van der Waals surface area contributed by atoms with Gasteiger partial charge < -0.3 is 15.4 Å². The van der Waals surface area contributed by atoms with Crippen molar-refractivity contribution in [3.05, 3.63) is 24.3 Å². The summed E-state index contributed by atoms with van der Waals surface area (Å²) in [7, 11) is 0. The van der Waals surface area contributed by atoms with E-state index in [4.69, 9.17) is 4.74 Å². The second-order valence-electron chi connectivity index (χ2n) is 7.72. The van der Waals surface area contributed by atoms with E-state index >= 15 is 0 Å². The first kappa shape index (κ1) is 18.8. The Bertz CT molecular complexity index is 537. The third-order valence-corrected chi connectivity index (χ3v) is 4.86. The van der Waals surface area contributed by atoms with Crippen molar-refractivity contribution in [1.82, 2.24) is 5.32 Å². The normalized spacial score (nSPS) is 21.3. The summed E-state index contributed by atoms with van der Waals surface area (Å²) in [5, 5.41) is 6.46. The van der Waals surface area contributed by atoms with Crippen molar-refractivity contribution in [2.24, 2.45) is 11.3 Å². The van der Waals surface area contributed by atoms with Gasteiger partial charge in [-0.25, -0.2) is 0 Å². The highest BCUT2D eigenvalue weighted by atomic mass is 16.5. The van der Waals surface area contributed by atoms with E-state index in [1.165, 1.54) is 19.3 Å². The number of anilines is 1. The molecule has 24 heavy (non-hydrogen) atoms. The summed E-state index contributed by atoms with van der Waals surface area (Å²) in [5.41, 5.74) is 1.01. The van der Waals surface area contributed by atoms with E-state index in [2.05, 4.69) is 31.4 Å². The maximum Gasteiger partial charge on any atom is 0.238 e. The fraction of sp³-hybridized carbons (Fsp3) is 0.650. The zero-order chi connectivity index (χ0) is 17.6. The molecule has 1 aromatic rings. The number of hydrogen-bond donors (Lipinski definition) is 2. The molecule has 2 N–H and O–H groups in total. The minimum atomic E-state index is -0.0135. The van der Waals surface area contributed by atoms with Crippen LogP contribution < -0.4 is 15.4 Å². The van der Waals surface area contributed by atoms with Gasteiger partial charge in [0, 0.05) is 6.04 Å². The van der Waals surface area contributed by atoms with E-state index < -0.39 is 0 Å². The molecule has 4 heteroatoms. The molecule has 2 rings (SSSR count). The van der Waals surface area contributed by atoms with Crippen LogP contribution in [0.2, 0.25) is 0 Å². The third kappa shape index (κ3) is 5.23. The lowest BCUT2D eigenvalue weighted by molar-refractivity contribution is -0.115. The van der Waals surface area contributed by atoms with E-state index in [-0.39, 0.29) is 11.3 Å². The largest absolute Gasteiger partial charge is 0.492 e. The van der Waals surface area contributed by atoms with Gasteiger partial charge in [-0.05, 0) is 43.2 Å². The van der Waals surface area contributed by atoms with Crippen molar-refractivity contribution >= 4 is 11.6 Å².